The Bertz CT molecular complexity index is 1160. The lowest BCUT2D eigenvalue weighted by atomic mass is 9.83. The molecule has 0 radical (unpaired) electrons. The predicted molar refractivity (Wildman–Crippen MR) is 140 cm³/mol. The number of fused-ring (bicyclic) bond motifs is 3. The van der Waals surface area contributed by atoms with Gasteiger partial charge in [0.15, 0.2) is 36.6 Å². The maximum absolute atomic E-state index is 12.4. The first-order chi connectivity index (χ1) is 20.5. The zero-order valence-electron chi connectivity index (χ0n) is 25.0. The van der Waals surface area contributed by atoms with Gasteiger partial charge >= 0.3 is 41.8 Å². The maximum atomic E-state index is 12.4. The van der Waals surface area contributed by atoms with E-state index < -0.39 is 108 Å². The van der Waals surface area contributed by atoms with E-state index in [-0.39, 0.29) is 6.61 Å². The lowest BCUT2D eigenvalue weighted by Crippen LogP contribution is -2.79. The van der Waals surface area contributed by atoms with E-state index in [1.54, 1.807) is 0 Å². The smallest absolute Gasteiger partial charge is 0.303 e. The Hall–Kier alpha value is -3.48. The Morgan fingerprint density at radius 3 is 1.52 bits per heavy atom. The Morgan fingerprint density at radius 2 is 1.02 bits per heavy atom. The van der Waals surface area contributed by atoms with Crippen molar-refractivity contribution < 1.29 is 80.4 Å². The first-order valence-electron chi connectivity index (χ1n) is 13.4. The molecule has 0 aromatic heterocycles. The molecule has 0 N–H and O–H groups in total. The summed E-state index contributed by atoms with van der Waals surface area (Å²) in [7, 11) is 0. The van der Waals surface area contributed by atoms with Crippen molar-refractivity contribution in [2.75, 3.05) is 13.2 Å². The van der Waals surface area contributed by atoms with E-state index in [9.17, 15) is 33.6 Å². The summed E-state index contributed by atoms with van der Waals surface area (Å²) in [6.45, 7) is 6.64. The first kappa shape index (κ1) is 35.0. The molecule has 18 heteroatoms. The molecule has 0 aromatic carbocycles. The van der Waals surface area contributed by atoms with Gasteiger partial charge in [0.1, 0.15) is 30.7 Å². The monoisotopic (exact) mass is 650 g/mol. The van der Waals surface area contributed by atoms with Crippen molar-refractivity contribution in [2.45, 2.75) is 108 Å². The van der Waals surface area contributed by atoms with Gasteiger partial charge in [0, 0.05) is 60.5 Å². The molecule has 4 aliphatic heterocycles. The summed E-state index contributed by atoms with van der Waals surface area (Å²) in [5.74, 6) is -8.02. The van der Waals surface area contributed by atoms with Gasteiger partial charge in [-0.25, -0.2) is 0 Å². The van der Waals surface area contributed by atoms with Crippen molar-refractivity contribution >= 4 is 53.8 Å². The molecule has 17 nitrogen and oxygen atoms in total. The normalized spacial score (nSPS) is 34.1. The van der Waals surface area contributed by atoms with Crippen molar-refractivity contribution in [2.24, 2.45) is 0 Å². The molecule has 2 bridgehead atoms. The molecule has 4 heterocycles. The molecule has 0 amide bonds. The molecule has 44 heavy (non-hydrogen) atoms. The molecule has 0 aliphatic carbocycles. The molecule has 4 aliphatic rings. The average Bonchev–Trinajstić information content (AvgIpc) is 2.89. The van der Waals surface area contributed by atoms with Gasteiger partial charge in [-0.05, 0) is 0 Å². The Labute approximate surface area is 255 Å². The summed E-state index contributed by atoms with van der Waals surface area (Å²) in [5.41, 5.74) is 0. The van der Waals surface area contributed by atoms with E-state index in [2.05, 4.69) is 0 Å². The molecule has 10 atom stereocenters. The summed E-state index contributed by atoms with van der Waals surface area (Å²) < 4.78 is 56.4. The third-order valence-corrected chi connectivity index (χ3v) is 7.59. The van der Waals surface area contributed by atoms with Gasteiger partial charge in [0.05, 0.1) is 0 Å². The highest BCUT2D eigenvalue weighted by atomic mass is 32.2. The zero-order valence-corrected chi connectivity index (χ0v) is 25.8. The van der Waals surface area contributed by atoms with E-state index in [4.69, 9.17) is 46.8 Å². The van der Waals surface area contributed by atoms with Crippen LogP contribution < -0.4 is 0 Å². The second kappa shape index (κ2) is 14.5. The molecule has 246 valence electrons. The minimum Gasteiger partial charge on any atom is -0.463 e. The topological polar surface area (TPSA) is 212 Å². The highest BCUT2D eigenvalue weighted by molar-refractivity contribution is 7.95. The van der Waals surface area contributed by atoms with Crippen LogP contribution in [0.15, 0.2) is 0 Å². The van der Waals surface area contributed by atoms with Gasteiger partial charge in [0.25, 0.3) is 5.79 Å². The van der Waals surface area contributed by atoms with Crippen LogP contribution in [0.3, 0.4) is 0 Å². The molecule has 4 rings (SSSR count). The summed E-state index contributed by atoms with van der Waals surface area (Å²) in [5, 5.41) is -0.907. The number of hydrogen-bond donors (Lipinski definition) is 0. The highest BCUT2D eigenvalue weighted by Gasteiger charge is 2.72. The SMILES string of the molecule is CC(=O)OC[C@H]1O[C@@H]([C@]23OS[C@H]([C@H](OC(C)=O)[C@H]2OC(C)=O)[C@@H](COC(C)=O)O3)[C@@H](OC(C)=O)[C@@H](OC(C)=O)[C@@H]1OC(C)=O. The minimum atomic E-state index is -2.33. The van der Waals surface area contributed by atoms with Crippen molar-refractivity contribution in [1.29, 1.82) is 0 Å². The van der Waals surface area contributed by atoms with Gasteiger partial charge < -0.3 is 42.6 Å². The molecule has 0 spiro atoms. The summed E-state index contributed by atoms with van der Waals surface area (Å²) in [6, 6.07) is 0. The van der Waals surface area contributed by atoms with Crippen molar-refractivity contribution in [3.8, 4) is 0 Å². The standard InChI is InChI=1S/C26H34O17S/c1-10(27)34-8-17-19(36-12(3)29)20(37-13(4)30)21(38-14(5)31)24(41-17)26-25(40-16(7)33)22(39-15(6)32)23(44-43-26)18(42-26)9-35-11(2)28/h17-25H,8-9H2,1-7H3/t17-,18-,19-,20+,21+,22+,23+,24-,25-,26+/m1/s1. The van der Waals surface area contributed by atoms with Crippen LogP contribution in [0.2, 0.25) is 0 Å². The lowest BCUT2D eigenvalue weighted by Gasteiger charge is -2.59. The minimum absolute atomic E-state index is 0.381. The molecule has 0 saturated carbocycles. The predicted octanol–water partition coefficient (Wildman–Crippen LogP) is -0.319. The summed E-state index contributed by atoms with van der Waals surface area (Å²) in [4.78, 5) is 84.8. The van der Waals surface area contributed by atoms with E-state index in [0.717, 1.165) is 60.5 Å². The van der Waals surface area contributed by atoms with Gasteiger partial charge in [-0.1, -0.05) is 0 Å². The quantitative estimate of drug-likeness (QED) is 0.168. The molecule has 4 saturated heterocycles. The van der Waals surface area contributed by atoms with E-state index in [1.807, 2.05) is 0 Å². The maximum Gasteiger partial charge on any atom is 0.303 e. The van der Waals surface area contributed by atoms with Crippen LogP contribution in [0.5, 0.6) is 0 Å². The van der Waals surface area contributed by atoms with E-state index >= 15 is 0 Å². The second-order valence-electron chi connectivity index (χ2n) is 10.0. The van der Waals surface area contributed by atoms with Crippen LogP contribution in [0.25, 0.3) is 0 Å². The average molecular weight is 651 g/mol. The lowest BCUT2D eigenvalue weighted by molar-refractivity contribution is -0.388. The van der Waals surface area contributed by atoms with Crippen molar-refractivity contribution in [1.82, 2.24) is 0 Å². The van der Waals surface area contributed by atoms with Crippen molar-refractivity contribution in [3.05, 3.63) is 0 Å². The van der Waals surface area contributed by atoms with Crippen LogP contribution in [-0.4, -0.2) is 115 Å². The van der Waals surface area contributed by atoms with Gasteiger partial charge in [-0.2, -0.15) is 0 Å². The zero-order chi connectivity index (χ0) is 32.9. The number of rotatable bonds is 10. The van der Waals surface area contributed by atoms with Gasteiger partial charge in [-0.15, -0.1) is 0 Å². The number of carbonyl (C=O) groups excluding carboxylic acids is 7. The van der Waals surface area contributed by atoms with E-state index in [1.165, 1.54) is 0 Å². The largest absolute Gasteiger partial charge is 0.463 e. The van der Waals surface area contributed by atoms with Crippen LogP contribution >= 0.6 is 12.0 Å². The van der Waals surface area contributed by atoms with Crippen LogP contribution in [0.4, 0.5) is 0 Å². The van der Waals surface area contributed by atoms with Gasteiger partial charge in [-0.3, -0.25) is 37.7 Å². The third kappa shape index (κ3) is 8.16. The van der Waals surface area contributed by atoms with Crippen molar-refractivity contribution in [3.63, 3.8) is 0 Å². The number of ether oxygens (including phenoxy) is 9. The summed E-state index contributed by atoms with van der Waals surface area (Å²) >= 11 is 0.729. The molecular formula is C26H34O17S. The fourth-order valence-electron chi connectivity index (χ4n) is 5.10. The van der Waals surface area contributed by atoms with Gasteiger partial charge in [0.2, 0.25) is 0 Å². The van der Waals surface area contributed by atoms with Crippen LogP contribution in [0, 0.1) is 0 Å². The van der Waals surface area contributed by atoms with Crippen LogP contribution in [-0.2, 0) is 80.4 Å². The molecule has 0 unspecified atom stereocenters. The van der Waals surface area contributed by atoms with Crippen LogP contribution in [0.1, 0.15) is 48.5 Å². The second-order valence-corrected chi connectivity index (χ2v) is 11.0. The number of hydrogen-bond acceptors (Lipinski definition) is 18. The fraction of sp³-hybridized carbons (Fsp3) is 0.731. The Morgan fingerprint density at radius 1 is 0.568 bits per heavy atom. The number of esters is 7. The Balaban J connectivity index is 2.25. The molecule has 0 aromatic rings. The Kier molecular flexibility index (Phi) is 11.6. The third-order valence-electron chi connectivity index (χ3n) is 6.44. The highest BCUT2D eigenvalue weighted by Crippen LogP contribution is 2.53. The number of carbonyl (C=O) groups is 7. The molecule has 4 fully saturated rings. The fourth-order valence-corrected chi connectivity index (χ4v) is 6.16. The first-order valence-corrected chi connectivity index (χ1v) is 14.2. The summed E-state index contributed by atoms with van der Waals surface area (Å²) in [6.07, 6.45) is -11.9. The molecular weight excluding hydrogens is 616 g/mol. The van der Waals surface area contributed by atoms with E-state index in [0.29, 0.717) is 0 Å².